The maximum Gasteiger partial charge on any atom is 0.225 e. The molecule has 0 aromatic rings. The Bertz CT molecular complexity index is 545. The van der Waals surface area contributed by atoms with Gasteiger partial charge in [0, 0.05) is 51.9 Å². The fourth-order valence-corrected chi connectivity index (χ4v) is 5.42. The minimum Gasteiger partial charge on any atom is -0.382 e. The Balaban J connectivity index is 0.00000320. The molecule has 1 heterocycles. The Labute approximate surface area is 200 Å². The normalized spacial score (nSPS) is 24.5. The Morgan fingerprint density at radius 3 is 2.53 bits per heavy atom. The molecule has 1 aliphatic heterocycles. The van der Waals surface area contributed by atoms with Crippen molar-refractivity contribution in [3.05, 3.63) is 0 Å². The van der Waals surface area contributed by atoms with Crippen molar-refractivity contribution >= 4 is 35.8 Å². The zero-order valence-electron chi connectivity index (χ0n) is 19.1. The van der Waals surface area contributed by atoms with Gasteiger partial charge in [-0.2, -0.15) is 0 Å². The van der Waals surface area contributed by atoms with Crippen LogP contribution in [0.4, 0.5) is 0 Å². The molecule has 174 valence electrons. The summed E-state index contributed by atoms with van der Waals surface area (Å²) in [7, 11) is 1.84. The first kappa shape index (κ1) is 25.7. The number of nitrogens with one attached hydrogen (secondary N) is 2. The van der Waals surface area contributed by atoms with Gasteiger partial charge in [-0.1, -0.05) is 32.1 Å². The number of hydrogen-bond acceptors (Lipinski definition) is 3. The van der Waals surface area contributed by atoms with Crippen molar-refractivity contribution in [2.24, 2.45) is 16.3 Å². The summed E-state index contributed by atoms with van der Waals surface area (Å²) in [4.78, 5) is 19.4. The number of guanidine groups is 1. The van der Waals surface area contributed by atoms with Crippen molar-refractivity contribution in [1.29, 1.82) is 0 Å². The Kier molecular flexibility index (Phi) is 11.2. The summed E-state index contributed by atoms with van der Waals surface area (Å²) in [6.45, 7) is 6.36. The van der Waals surface area contributed by atoms with Crippen LogP contribution in [0.2, 0.25) is 0 Å². The lowest BCUT2D eigenvalue weighted by molar-refractivity contribution is -0.135. The third-order valence-corrected chi connectivity index (χ3v) is 7.29. The smallest absolute Gasteiger partial charge is 0.225 e. The maximum absolute atomic E-state index is 12.8. The molecule has 0 aromatic heterocycles. The SMILES string of the molecule is CCOCCC1(CNC(=NC)NC2CCN(C(=O)C3CCCCC3)C2)CCCC1.I. The van der Waals surface area contributed by atoms with E-state index in [1.165, 1.54) is 44.9 Å². The van der Waals surface area contributed by atoms with Crippen LogP contribution in [0.25, 0.3) is 0 Å². The zero-order chi connectivity index (χ0) is 20.5. The Morgan fingerprint density at radius 2 is 1.87 bits per heavy atom. The second kappa shape index (κ2) is 13.1. The quantitative estimate of drug-likeness (QED) is 0.214. The molecule has 0 bridgehead atoms. The van der Waals surface area contributed by atoms with E-state index in [0.29, 0.717) is 17.4 Å². The monoisotopic (exact) mass is 534 g/mol. The van der Waals surface area contributed by atoms with Gasteiger partial charge >= 0.3 is 0 Å². The highest BCUT2D eigenvalue weighted by atomic mass is 127. The van der Waals surface area contributed by atoms with Crippen molar-refractivity contribution in [3.63, 3.8) is 0 Å². The summed E-state index contributed by atoms with van der Waals surface area (Å²) in [5, 5.41) is 7.17. The van der Waals surface area contributed by atoms with Crippen LogP contribution in [0, 0.1) is 11.3 Å². The van der Waals surface area contributed by atoms with Gasteiger partial charge in [0.25, 0.3) is 0 Å². The van der Waals surface area contributed by atoms with Crippen LogP contribution in [0.15, 0.2) is 4.99 Å². The highest BCUT2D eigenvalue weighted by Crippen LogP contribution is 2.40. The highest BCUT2D eigenvalue weighted by molar-refractivity contribution is 14.0. The van der Waals surface area contributed by atoms with Crippen LogP contribution in [0.5, 0.6) is 0 Å². The fourth-order valence-electron chi connectivity index (χ4n) is 5.42. The first-order valence-electron chi connectivity index (χ1n) is 12.0. The predicted octanol–water partition coefficient (Wildman–Crippen LogP) is 3.94. The average molecular weight is 535 g/mol. The number of carbonyl (C=O) groups excluding carboxylic acids is 1. The highest BCUT2D eigenvalue weighted by Gasteiger charge is 2.35. The molecule has 1 atom stereocenters. The number of nitrogens with zero attached hydrogens (tertiary/aromatic N) is 2. The van der Waals surface area contributed by atoms with E-state index in [4.69, 9.17) is 4.74 Å². The number of aliphatic imine (C=N–C) groups is 1. The van der Waals surface area contributed by atoms with Crippen LogP contribution in [0.1, 0.15) is 77.6 Å². The van der Waals surface area contributed by atoms with E-state index < -0.39 is 0 Å². The van der Waals surface area contributed by atoms with Gasteiger partial charge in [-0.25, -0.2) is 0 Å². The molecule has 3 aliphatic rings. The Morgan fingerprint density at radius 1 is 1.13 bits per heavy atom. The van der Waals surface area contributed by atoms with Crippen molar-refractivity contribution in [1.82, 2.24) is 15.5 Å². The molecule has 0 radical (unpaired) electrons. The van der Waals surface area contributed by atoms with Gasteiger partial charge in [-0.3, -0.25) is 9.79 Å². The lowest BCUT2D eigenvalue weighted by Crippen LogP contribution is -2.48. The molecule has 3 rings (SSSR count). The molecule has 1 unspecified atom stereocenters. The van der Waals surface area contributed by atoms with Gasteiger partial charge < -0.3 is 20.3 Å². The van der Waals surface area contributed by atoms with Crippen LogP contribution >= 0.6 is 24.0 Å². The van der Waals surface area contributed by atoms with Gasteiger partial charge in [0.05, 0.1) is 0 Å². The molecular weight excluding hydrogens is 491 g/mol. The molecule has 7 heteroatoms. The molecule has 2 N–H and O–H groups in total. The summed E-state index contributed by atoms with van der Waals surface area (Å²) in [5.74, 6) is 1.54. The van der Waals surface area contributed by atoms with Crippen molar-refractivity contribution in [3.8, 4) is 0 Å². The molecule has 6 nitrogen and oxygen atoms in total. The molecule has 3 fully saturated rings. The molecule has 1 amide bonds. The van der Waals surface area contributed by atoms with Gasteiger partial charge in [0.2, 0.25) is 5.91 Å². The largest absolute Gasteiger partial charge is 0.382 e. The summed E-state index contributed by atoms with van der Waals surface area (Å²) in [6, 6.07) is 0.302. The molecule has 30 heavy (non-hydrogen) atoms. The van der Waals surface area contributed by atoms with Crippen molar-refractivity contribution < 1.29 is 9.53 Å². The molecule has 0 spiro atoms. The number of halogens is 1. The average Bonchev–Trinajstić information content (AvgIpc) is 3.42. The van der Waals surface area contributed by atoms with Gasteiger partial charge in [-0.05, 0) is 50.9 Å². The third kappa shape index (κ3) is 7.24. The minimum absolute atomic E-state index is 0. The van der Waals surface area contributed by atoms with Gasteiger partial charge in [0.1, 0.15) is 0 Å². The number of rotatable bonds is 8. The Hall–Kier alpha value is -0.570. The minimum atomic E-state index is 0. The second-order valence-corrected chi connectivity index (χ2v) is 9.33. The number of ether oxygens (including phenoxy) is 1. The maximum atomic E-state index is 12.8. The van der Waals surface area contributed by atoms with Crippen LogP contribution in [-0.2, 0) is 9.53 Å². The summed E-state index contributed by atoms with van der Waals surface area (Å²) in [6.07, 6.45) is 13.2. The van der Waals surface area contributed by atoms with Crippen LogP contribution in [0.3, 0.4) is 0 Å². The van der Waals surface area contributed by atoms with E-state index in [2.05, 4.69) is 27.4 Å². The number of hydrogen-bond donors (Lipinski definition) is 2. The van der Waals surface area contributed by atoms with Gasteiger partial charge in [0.15, 0.2) is 5.96 Å². The first-order chi connectivity index (χ1) is 14.2. The number of amides is 1. The van der Waals surface area contributed by atoms with E-state index in [1.807, 2.05) is 7.05 Å². The summed E-state index contributed by atoms with van der Waals surface area (Å²) < 4.78 is 5.63. The van der Waals surface area contributed by atoms with Crippen molar-refractivity contribution in [2.45, 2.75) is 83.6 Å². The van der Waals surface area contributed by atoms with Crippen LogP contribution < -0.4 is 10.6 Å². The second-order valence-electron chi connectivity index (χ2n) is 9.33. The zero-order valence-corrected chi connectivity index (χ0v) is 21.4. The van der Waals surface area contributed by atoms with Crippen LogP contribution in [-0.4, -0.2) is 62.7 Å². The van der Waals surface area contributed by atoms with Crippen molar-refractivity contribution in [2.75, 3.05) is 39.9 Å². The molecule has 0 aromatic carbocycles. The van der Waals surface area contributed by atoms with E-state index in [1.54, 1.807) is 0 Å². The summed E-state index contributed by atoms with van der Waals surface area (Å²) in [5.41, 5.74) is 0.339. The molecule has 2 saturated carbocycles. The lowest BCUT2D eigenvalue weighted by Gasteiger charge is -2.30. The van der Waals surface area contributed by atoms with E-state index >= 15 is 0 Å². The van der Waals surface area contributed by atoms with E-state index in [-0.39, 0.29) is 29.9 Å². The first-order valence-corrected chi connectivity index (χ1v) is 12.0. The lowest BCUT2D eigenvalue weighted by atomic mass is 9.83. The van der Waals surface area contributed by atoms with E-state index in [0.717, 1.165) is 64.5 Å². The fraction of sp³-hybridized carbons (Fsp3) is 0.913. The molecule has 1 saturated heterocycles. The molecule has 2 aliphatic carbocycles. The topological polar surface area (TPSA) is 66.0 Å². The summed E-state index contributed by atoms with van der Waals surface area (Å²) >= 11 is 0. The number of likely N-dealkylation sites (tertiary alicyclic amines) is 1. The van der Waals surface area contributed by atoms with Gasteiger partial charge in [-0.15, -0.1) is 24.0 Å². The standard InChI is InChI=1S/C23H42N4O2.HI/c1-3-29-16-14-23(12-7-8-13-23)18-25-22(24-2)26-20-11-15-27(17-20)21(28)19-9-5-4-6-10-19;/h19-20H,3-18H2,1-2H3,(H2,24,25,26);1H. The predicted molar refractivity (Wildman–Crippen MR) is 133 cm³/mol. The molecular formula is C23H43IN4O2. The third-order valence-electron chi connectivity index (χ3n) is 7.29. The van der Waals surface area contributed by atoms with E-state index in [9.17, 15) is 4.79 Å². The number of carbonyl (C=O) groups is 1.